The van der Waals surface area contributed by atoms with Crippen LogP contribution in [0.25, 0.3) is 9.40 Å². The first-order valence-electron chi connectivity index (χ1n) is 7.00. The van der Waals surface area contributed by atoms with E-state index in [1.807, 2.05) is 22.7 Å². The Morgan fingerprint density at radius 2 is 1.78 bits per heavy atom. The van der Waals surface area contributed by atoms with Crippen LogP contribution in [-0.4, -0.2) is 0 Å². The minimum absolute atomic E-state index is 0.512. The van der Waals surface area contributed by atoms with Crippen molar-refractivity contribution in [2.75, 3.05) is 0 Å². The van der Waals surface area contributed by atoms with E-state index in [9.17, 15) is 0 Å². The zero-order valence-corrected chi connectivity index (χ0v) is 13.4. The van der Waals surface area contributed by atoms with Crippen LogP contribution in [0.3, 0.4) is 0 Å². The second-order valence-corrected chi connectivity index (χ2v) is 8.45. The molecule has 0 aliphatic carbocycles. The summed E-state index contributed by atoms with van der Waals surface area (Å²) in [5.74, 6) is 0. The first kappa shape index (κ1) is 14.1. The molecule has 2 aromatic rings. The highest BCUT2D eigenvalue weighted by molar-refractivity contribution is 7.26. The van der Waals surface area contributed by atoms with Gasteiger partial charge in [0.25, 0.3) is 0 Å². The van der Waals surface area contributed by atoms with Gasteiger partial charge in [0.15, 0.2) is 0 Å². The highest BCUT2D eigenvalue weighted by Crippen LogP contribution is 2.31. The van der Waals surface area contributed by atoms with Crippen molar-refractivity contribution < 1.29 is 0 Å². The van der Waals surface area contributed by atoms with E-state index in [1.165, 1.54) is 47.9 Å². The Bertz CT molecular complexity index is 442. The van der Waals surface area contributed by atoms with Crippen molar-refractivity contribution in [1.29, 1.82) is 0 Å². The maximum absolute atomic E-state index is 2.39. The lowest BCUT2D eigenvalue weighted by Crippen LogP contribution is -2.03. The third kappa shape index (κ3) is 4.40. The van der Waals surface area contributed by atoms with E-state index < -0.39 is 0 Å². The average molecular weight is 281 g/mol. The molecule has 0 nitrogen and oxygen atoms in total. The highest BCUT2D eigenvalue weighted by Gasteiger charge is 2.08. The molecule has 0 aliphatic rings. The summed E-state index contributed by atoms with van der Waals surface area (Å²) in [6.07, 6.45) is 8.18. The Balaban J connectivity index is 1.62. The van der Waals surface area contributed by atoms with Crippen molar-refractivity contribution in [2.24, 2.45) is 5.41 Å². The quantitative estimate of drug-likeness (QED) is 0.530. The summed E-state index contributed by atoms with van der Waals surface area (Å²) in [7, 11) is 0. The van der Waals surface area contributed by atoms with Gasteiger partial charge in [0, 0.05) is 14.3 Å². The summed E-state index contributed by atoms with van der Waals surface area (Å²) in [5, 5.41) is 2.19. The lowest BCUT2D eigenvalue weighted by Gasteiger charge is -2.17. The molecule has 0 N–H and O–H groups in total. The third-order valence-electron chi connectivity index (χ3n) is 3.29. The van der Waals surface area contributed by atoms with Crippen LogP contribution >= 0.6 is 22.7 Å². The van der Waals surface area contributed by atoms with Gasteiger partial charge in [0.2, 0.25) is 0 Å². The lowest BCUT2D eigenvalue weighted by molar-refractivity contribution is 0.357. The molecule has 0 aliphatic heterocycles. The Labute approximate surface area is 119 Å². The van der Waals surface area contributed by atoms with Crippen LogP contribution in [0.5, 0.6) is 0 Å². The molecule has 2 rings (SSSR count). The van der Waals surface area contributed by atoms with E-state index in [2.05, 4.69) is 38.3 Å². The number of fused-ring (bicyclic) bond motifs is 1. The van der Waals surface area contributed by atoms with Gasteiger partial charge in [-0.25, -0.2) is 0 Å². The van der Waals surface area contributed by atoms with Crippen molar-refractivity contribution in [3.63, 3.8) is 0 Å². The molecule has 0 unspecified atom stereocenters. The van der Waals surface area contributed by atoms with Crippen LogP contribution in [0.15, 0.2) is 17.5 Å². The first-order valence-corrected chi connectivity index (χ1v) is 8.70. The molecule has 0 saturated carbocycles. The average Bonchev–Trinajstić information content (AvgIpc) is 2.81. The second-order valence-electron chi connectivity index (χ2n) is 6.34. The topological polar surface area (TPSA) is 0 Å². The fourth-order valence-electron chi connectivity index (χ4n) is 2.25. The van der Waals surface area contributed by atoms with E-state index in [4.69, 9.17) is 0 Å². The van der Waals surface area contributed by atoms with Crippen molar-refractivity contribution in [1.82, 2.24) is 0 Å². The molecule has 100 valence electrons. The van der Waals surface area contributed by atoms with Crippen LogP contribution in [0.4, 0.5) is 0 Å². The molecule has 0 amide bonds. The van der Waals surface area contributed by atoms with Gasteiger partial charge in [-0.3, -0.25) is 0 Å². The summed E-state index contributed by atoms with van der Waals surface area (Å²) in [5.41, 5.74) is 0.512. The largest absolute Gasteiger partial charge is 0.143 e. The normalized spacial score (nSPS) is 12.4. The van der Waals surface area contributed by atoms with Crippen LogP contribution in [0.2, 0.25) is 0 Å². The number of thiophene rings is 2. The fourth-order valence-corrected chi connectivity index (χ4v) is 4.42. The molecule has 0 aromatic carbocycles. The predicted octanol–water partition coefficient (Wildman–Crippen LogP) is 6.50. The van der Waals surface area contributed by atoms with Gasteiger partial charge in [-0.2, -0.15) is 0 Å². The van der Waals surface area contributed by atoms with Gasteiger partial charge < -0.3 is 0 Å². The number of aryl methyl sites for hydroxylation is 1. The summed E-state index contributed by atoms with van der Waals surface area (Å²) >= 11 is 3.85. The van der Waals surface area contributed by atoms with Gasteiger partial charge in [0.1, 0.15) is 0 Å². The number of rotatable bonds is 6. The van der Waals surface area contributed by atoms with Crippen LogP contribution in [-0.2, 0) is 6.42 Å². The molecular formula is C16H24S2. The van der Waals surface area contributed by atoms with Gasteiger partial charge in [-0.1, -0.05) is 40.0 Å². The van der Waals surface area contributed by atoms with Gasteiger partial charge in [0.05, 0.1) is 0 Å². The molecular weight excluding hydrogens is 256 g/mol. The molecule has 0 spiro atoms. The Kier molecular flexibility index (Phi) is 4.85. The summed E-state index contributed by atoms with van der Waals surface area (Å²) in [4.78, 5) is 1.58. The van der Waals surface area contributed by atoms with Crippen molar-refractivity contribution in [3.8, 4) is 0 Å². The van der Waals surface area contributed by atoms with E-state index in [0.29, 0.717) is 5.41 Å². The predicted molar refractivity (Wildman–Crippen MR) is 85.9 cm³/mol. The number of unbranched alkanes of at least 4 members (excludes halogenated alkanes) is 3. The molecule has 0 radical (unpaired) electrons. The molecule has 2 heterocycles. The summed E-state index contributed by atoms with van der Waals surface area (Å²) in [6, 6.07) is 4.64. The van der Waals surface area contributed by atoms with E-state index in [1.54, 1.807) is 4.88 Å². The second kappa shape index (κ2) is 6.21. The van der Waals surface area contributed by atoms with E-state index in [-0.39, 0.29) is 0 Å². The lowest BCUT2D eigenvalue weighted by atomic mass is 9.89. The van der Waals surface area contributed by atoms with Crippen molar-refractivity contribution in [3.05, 3.63) is 22.4 Å². The Morgan fingerprint density at radius 1 is 1.00 bits per heavy atom. The molecule has 2 aromatic heterocycles. The van der Waals surface area contributed by atoms with Crippen LogP contribution < -0.4 is 0 Å². The molecule has 2 heteroatoms. The maximum Gasteiger partial charge on any atom is 0.0453 e. The third-order valence-corrected chi connectivity index (χ3v) is 5.44. The maximum atomic E-state index is 2.39. The zero-order valence-electron chi connectivity index (χ0n) is 11.8. The number of hydrogen-bond donors (Lipinski definition) is 0. The van der Waals surface area contributed by atoms with E-state index >= 15 is 0 Å². The van der Waals surface area contributed by atoms with Gasteiger partial charge in [-0.05, 0) is 42.2 Å². The first-order chi connectivity index (χ1) is 8.54. The number of hydrogen-bond acceptors (Lipinski definition) is 2. The molecule has 0 saturated heterocycles. The monoisotopic (exact) mass is 280 g/mol. The minimum Gasteiger partial charge on any atom is -0.143 e. The molecule has 0 bridgehead atoms. The minimum atomic E-state index is 0.512. The summed E-state index contributed by atoms with van der Waals surface area (Å²) < 4.78 is 2.95. The standard InChI is InChI=1S/C16H24S2/c1-16(2,3)10-7-5-4-6-8-13-12-15-14(18-13)9-11-17-15/h9,11-12H,4-8,10H2,1-3H3. The summed E-state index contributed by atoms with van der Waals surface area (Å²) in [6.45, 7) is 7.02. The smallest absolute Gasteiger partial charge is 0.0453 e. The highest BCUT2D eigenvalue weighted by atomic mass is 32.1. The zero-order chi connectivity index (χ0) is 13.0. The van der Waals surface area contributed by atoms with Crippen molar-refractivity contribution >= 4 is 32.1 Å². The van der Waals surface area contributed by atoms with Gasteiger partial charge >= 0.3 is 0 Å². The Morgan fingerprint density at radius 3 is 2.50 bits per heavy atom. The van der Waals surface area contributed by atoms with Crippen molar-refractivity contribution in [2.45, 2.75) is 59.3 Å². The molecule has 0 fully saturated rings. The molecule has 0 atom stereocenters. The van der Waals surface area contributed by atoms with Gasteiger partial charge in [-0.15, -0.1) is 22.7 Å². The SMILES string of the molecule is CC(C)(C)CCCCCCc1cc2sccc2s1. The fraction of sp³-hybridized carbons (Fsp3) is 0.625. The Hall–Kier alpha value is -0.340. The van der Waals surface area contributed by atoms with E-state index in [0.717, 1.165) is 0 Å². The van der Waals surface area contributed by atoms with Crippen LogP contribution in [0.1, 0.15) is 57.8 Å². The molecule has 18 heavy (non-hydrogen) atoms. The van der Waals surface area contributed by atoms with Crippen LogP contribution in [0, 0.1) is 5.41 Å².